The van der Waals surface area contributed by atoms with Gasteiger partial charge in [-0.1, -0.05) is 0 Å². The van der Waals surface area contributed by atoms with Gasteiger partial charge in [0, 0.05) is 16.9 Å². The number of benzene rings is 1. The second-order valence-corrected chi connectivity index (χ2v) is 7.29. The highest BCUT2D eigenvalue weighted by atomic mass is 32.1. The zero-order valence-corrected chi connectivity index (χ0v) is 14.0. The van der Waals surface area contributed by atoms with Crippen molar-refractivity contribution in [3.8, 4) is 0 Å². The van der Waals surface area contributed by atoms with Crippen molar-refractivity contribution in [2.75, 3.05) is 16.4 Å². The molecule has 2 heterocycles. The number of anilines is 4. The molecular weight excluding hydrogens is 306 g/mol. The molecule has 4 N–H and O–H groups in total. The zero-order chi connectivity index (χ0) is 16.0. The van der Waals surface area contributed by atoms with Gasteiger partial charge in [0.2, 0.25) is 5.95 Å². The van der Waals surface area contributed by atoms with Gasteiger partial charge in [-0.15, -0.1) is 11.3 Å². The summed E-state index contributed by atoms with van der Waals surface area (Å²) in [6, 6.07) is 7.58. The lowest BCUT2D eigenvalue weighted by Gasteiger charge is -2.15. The molecule has 23 heavy (non-hydrogen) atoms. The van der Waals surface area contributed by atoms with Crippen LogP contribution in [0.5, 0.6) is 0 Å². The summed E-state index contributed by atoms with van der Waals surface area (Å²) >= 11 is 1.65. The molecule has 0 atom stereocenters. The highest BCUT2D eigenvalue weighted by Gasteiger charge is 2.38. The molecule has 0 radical (unpaired) electrons. The molecule has 0 bridgehead atoms. The van der Waals surface area contributed by atoms with Gasteiger partial charge < -0.3 is 16.4 Å². The Bertz CT molecular complexity index is 865. The maximum atomic E-state index is 5.73. The van der Waals surface area contributed by atoms with Gasteiger partial charge in [0.25, 0.3) is 0 Å². The molecular formula is C17H19N5S. The molecule has 0 saturated heterocycles. The van der Waals surface area contributed by atoms with Crippen LogP contribution in [0.3, 0.4) is 0 Å². The molecule has 1 aliphatic carbocycles. The minimum atomic E-state index is 0.175. The van der Waals surface area contributed by atoms with E-state index in [2.05, 4.69) is 34.8 Å². The third kappa shape index (κ3) is 2.82. The van der Waals surface area contributed by atoms with Crippen molar-refractivity contribution in [1.29, 1.82) is 0 Å². The third-order valence-corrected chi connectivity index (χ3v) is 5.19. The van der Waals surface area contributed by atoms with E-state index in [1.807, 2.05) is 24.3 Å². The average molecular weight is 325 g/mol. The number of aryl methyl sites for hydroxylation is 1. The first kappa shape index (κ1) is 14.3. The van der Waals surface area contributed by atoms with Crippen LogP contribution in [-0.4, -0.2) is 15.5 Å². The van der Waals surface area contributed by atoms with Gasteiger partial charge >= 0.3 is 0 Å². The van der Waals surface area contributed by atoms with Crippen molar-refractivity contribution in [2.45, 2.75) is 32.2 Å². The summed E-state index contributed by atoms with van der Waals surface area (Å²) in [6.45, 7) is 4.34. The number of aromatic nitrogens is 2. The van der Waals surface area contributed by atoms with E-state index in [9.17, 15) is 0 Å². The fourth-order valence-corrected chi connectivity index (χ4v) is 3.45. The molecule has 5 nitrogen and oxygen atoms in total. The van der Waals surface area contributed by atoms with E-state index in [4.69, 9.17) is 10.7 Å². The number of rotatable bonds is 4. The quantitative estimate of drug-likeness (QED) is 0.624. The standard InChI is InChI=1S/C17H19N5S/c1-10-9-23-15-13(10)14(22-17(2)7-8-17)20-16(21-15)19-12-5-3-11(18)4-6-12/h3-6,9H,7-8,18H2,1-2H3,(H2,19,20,21,22). The molecule has 0 unspecified atom stereocenters. The Morgan fingerprint density at radius 1 is 1.17 bits per heavy atom. The van der Waals surface area contributed by atoms with Crippen LogP contribution in [0.4, 0.5) is 23.1 Å². The fourth-order valence-electron chi connectivity index (χ4n) is 2.52. The second-order valence-electron chi connectivity index (χ2n) is 6.43. The van der Waals surface area contributed by atoms with E-state index in [0.29, 0.717) is 5.95 Å². The Morgan fingerprint density at radius 3 is 2.61 bits per heavy atom. The Morgan fingerprint density at radius 2 is 1.91 bits per heavy atom. The maximum Gasteiger partial charge on any atom is 0.230 e. The van der Waals surface area contributed by atoms with Crippen LogP contribution < -0.4 is 16.4 Å². The lowest BCUT2D eigenvalue weighted by molar-refractivity contribution is 0.823. The first-order chi connectivity index (χ1) is 11.0. The molecule has 3 aromatic rings. The Balaban J connectivity index is 1.73. The number of nitrogens with one attached hydrogen (secondary N) is 2. The largest absolute Gasteiger partial charge is 0.399 e. The molecule has 1 fully saturated rings. The van der Waals surface area contributed by atoms with E-state index in [-0.39, 0.29) is 5.54 Å². The van der Waals surface area contributed by atoms with Gasteiger partial charge in [0.05, 0.1) is 5.39 Å². The molecule has 1 aromatic carbocycles. The van der Waals surface area contributed by atoms with E-state index >= 15 is 0 Å². The van der Waals surface area contributed by atoms with E-state index in [0.717, 1.165) is 27.4 Å². The summed E-state index contributed by atoms with van der Waals surface area (Å²) in [6.07, 6.45) is 2.37. The Hall–Kier alpha value is -2.34. The van der Waals surface area contributed by atoms with E-state index < -0.39 is 0 Å². The normalized spacial score (nSPS) is 15.6. The third-order valence-electron chi connectivity index (χ3n) is 4.20. The van der Waals surface area contributed by atoms with Crippen molar-refractivity contribution < 1.29 is 0 Å². The van der Waals surface area contributed by atoms with Gasteiger partial charge in [-0.25, -0.2) is 4.98 Å². The number of hydrogen-bond acceptors (Lipinski definition) is 6. The molecule has 0 amide bonds. The molecule has 0 aliphatic heterocycles. The van der Waals surface area contributed by atoms with Crippen LogP contribution in [0, 0.1) is 6.92 Å². The molecule has 1 aliphatic rings. The lowest BCUT2D eigenvalue weighted by atomic mass is 10.2. The summed E-state index contributed by atoms with van der Waals surface area (Å²) in [4.78, 5) is 10.4. The van der Waals surface area contributed by atoms with E-state index in [1.54, 1.807) is 11.3 Å². The minimum Gasteiger partial charge on any atom is -0.399 e. The number of nitrogens with two attached hydrogens (primary N) is 1. The van der Waals surface area contributed by atoms with Crippen LogP contribution in [0.25, 0.3) is 10.2 Å². The molecule has 1 saturated carbocycles. The van der Waals surface area contributed by atoms with Crippen LogP contribution >= 0.6 is 11.3 Å². The summed E-state index contributed by atoms with van der Waals surface area (Å²) in [5, 5.41) is 10.1. The Kier molecular flexibility index (Phi) is 3.16. The monoisotopic (exact) mass is 325 g/mol. The SMILES string of the molecule is Cc1csc2nc(Nc3ccc(N)cc3)nc(NC3(C)CC3)c12. The predicted molar refractivity (Wildman–Crippen MR) is 97.6 cm³/mol. The Labute approximate surface area is 139 Å². The number of fused-ring (bicyclic) bond motifs is 1. The maximum absolute atomic E-state index is 5.73. The summed E-state index contributed by atoms with van der Waals surface area (Å²) in [5.41, 5.74) is 8.79. The van der Waals surface area contributed by atoms with Crippen molar-refractivity contribution in [1.82, 2.24) is 9.97 Å². The van der Waals surface area contributed by atoms with Crippen LogP contribution in [-0.2, 0) is 0 Å². The molecule has 6 heteroatoms. The second kappa shape index (κ2) is 5.09. The number of nitrogen functional groups attached to an aromatic ring is 1. The molecule has 0 spiro atoms. The number of thiophene rings is 1. The summed E-state index contributed by atoms with van der Waals surface area (Å²) in [5.74, 6) is 1.53. The van der Waals surface area contributed by atoms with E-state index in [1.165, 1.54) is 18.4 Å². The topological polar surface area (TPSA) is 75.9 Å². The lowest BCUT2D eigenvalue weighted by Crippen LogP contribution is -2.17. The molecule has 4 rings (SSSR count). The fraction of sp³-hybridized carbons (Fsp3) is 0.294. The van der Waals surface area contributed by atoms with Crippen LogP contribution in [0.1, 0.15) is 25.3 Å². The highest BCUT2D eigenvalue weighted by Crippen LogP contribution is 2.40. The number of hydrogen-bond donors (Lipinski definition) is 3. The van der Waals surface area contributed by atoms with Crippen LogP contribution in [0.15, 0.2) is 29.6 Å². The van der Waals surface area contributed by atoms with Crippen molar-refractivity contribution >= 4 is 44.7 Å². The van der Waals surface area contributed by atoms with Gasteiger partial charge in [-0.3, -0.25) is 0 Å². The van der Waals surface area contributed by atoms with Crippen LogP contribution in [0.2, 0.25) is 0 Å². The zero-order valence-electron chi connectivity index (χ0n) is 13.2. The van der Waals surface area contributed by atoms with Gasteiger partial charge in [-0.05, 0) is 61.9 Å². The summed E-state index contributed by atoms with van der Waals surface area (Å²) < 4.78 is 0. The highest BCUT2D eigenvalue weighted by molar-refractivity contribution is 7.17. The molecule has 118 valence electrons. The van der Waals surface area contributed by atoms with Gasteiger partial charge in [-0.2, -0.15) is 4.98 Å². The smallest absolute Gasteiger partial charge is 0.230 e. The molecule has 2 aromatic heterocycles. The summed E-state index contributed by atoms with van der Waals surface area (Å²) in [7, 11) is 0. The van der Waals surface area contributed by atoms with Crippen molar-refractivity contribution in [3.63, 3.8) is 0 Å². The first-order valence-electron chi connectivity index (χ1n) is 7.69. The van der Waals surface area contributed by atoms with Crippen molar-refractivity contribution in [3.05, 3.63) is 35.2 Å². The van der Waals surface area contributed by atoms with Gasteiger partial charge in [0.1, 0.15) is 10.6 Å². The predicted octanol–water partition coefficient (Wildman–Crippen LogP) is 4.29. The van der Waals surface area contributed by atoms with Crippen molar-refractivity contribution in [2.24, 2.45) is 0 Å². The number of nitrogens with zero attached hydrogens (tertiary/aromatic N) is 2. The average Bonchev–Trinajstić information content (AvgIpc) is 3.12. The first-order valence-corrected chi connectivity index (χ1v) is 8.57. The minimum absolute atomic E-state index is 0.175. The van der Waals surface area contributed by atoms with Gasteiger partial charge in [0.15, 0.2) is 0 Å².